The van der Waals surface area contributed by atoms with Crippen molar-refractivity contribution in [3.63, 3.8) is 0 Å². The van der Waals surface area contributed by atoms with Gasteiger partial charge in [0.2, 0.25) is 0 Å². The van der Waals surface area contributed by atoms with Gasteiger partial charge in [-0.2, -0.15) is 0 Å². The van der Waals surface area contributed by atoms with Crippen molar-refractivity contribution in [2.75, 3.05) is 0 Å². The molecule has 1 atom stereocenters. The van der Waals surface area contributed by atoms with E-state index in [2.05, 4.69) is 11.9 Å². The van der Waals surface area contributed by atoms with Crippen LogP contribution in [-0.4, -0.2) is 18.9 Å². The standard InChI is InChI=1S/C23H20N4O3S3/c1-13-4-5-16-17(9-13)33-20-19(16)21(29)27(11-15-3-2-7-30-15)23(25-20)32-12-14-10-18(28)26-6-8-31-22(26)24-14/h2-3,6-8,10,13H,4-5,9,11-12H2,1H3. The van der Waals surface area contributed by atoms with Crippen molar-refractivity contribution in [2.24, 2.45) is 5.92 Å². The Bertz CT molecular complexity index is 1590. The van der Waals surface area contributed by atoms with Crippen LogP contribution >= 0.6 is 34.4 Å². The number of aryl methyl sites for hydroxylation is 1. The van der Waals surface area contributed by atoms with Gasteiger partial charge in [0.15, 0.2) is 10.1 Å². The van der Waals surface area contributed by atoms with Gasteiger partial charge < -0.3 is 4.42 Å². The number of thiophene rings is 1. The third kappa shape index (κ3) is 3.75. The van der Waals surface area contributed by atoms with E-state index < -0.39 is 0 Å². The lowest BCUT2D eigenvalue weighted by molar-refractivity contribution is 0.476. The highest BCUT2D eigenvalue weighted by Crippen LogP contribution is 2.37. The molecule has 1 unspecified atom stereocenters. The molecule has 0 spiro atoms. The fourth-order valence-corrected chi connectivity index (χ4v) is 7.37. The Balaban J connectivity index is 1.43. The van der Waals surface area contributed by atoms with E-state index in [1.807, 2.05) is 17.5 Å². The number of thioether (sulfide) groups is 1. The van der Waals surface area contributed by atoms with Crippen molar-refractivity contribution < 1.29 is 4.42 Å². The topological polar surface area (TPSA) is 82.4 Å². The number of fused-ring (bicyclic) bond motifs is 4. The predicted molar refractivity (Wildman–Crippen MR) is 132 cm³/mol. The summed E-state index contributed by atoms with van der Waals surface area (Å²) < 4.78 is 8.77. The van der Waals surface area contributed by atoms with Crippen molar-refractivity contribution in [3.05, 3.63) is 78.6 Å². The summed E-state index contributed by atoms with van der Waals surface area (Å²) in [7, 11) is 0. The average Bonchev–Trinajstić information content (AvgIpc) is 3.53. The summed E-state index contributed by atoms with van der Waals surface area (Å²) in [5.74, 6) is 1.78. The molecule has 0 bridgehead atoms. The van der Waals surface area contributed by atoms with Crippen molar-refractivity contribution in [2.45, 2.75) is 43.6 Å². The number of thiazole rings is 1. The largest absolute Gasteiger partial charge is 0.467 e. The predicted octanol–water partition coefficient (Wildman–Crippen LogP) is 4.59. The Labute approximate surface area is 200 Å². The zero-order valence-electron chi connectivity index (χ0n) is 17.8. The van der Waals surface area contributed by atoms with Crippen LogP contribution in [0.2, 0.25) is 0 Å². The van der Waals surface area contributed by atoms with Gasteiger partial charge in [0.1, 0.15) is 10.6 Å². The Morgan fingerprint density at radius 1 is 1.30 bits per heavy atom. The van der Waals surface area contributed by atoms with Crippen LogP contribution in [0.15, 0.2) is 55.2 Å². The van der Waals surface area contributed by atoms with Gasteiger partial charge in [0.25, 0.3) is 11.1 Å². The number of aromatic nitrogens is 4. The van der Waals surface area contributed by atoms with Crippen molar-refractivity contribution in [1.29, 1.82) is 0 Å². The van der Waals surface area contributed by atoms with E-state index in [4.69, 9.17) is 9.40 Å². The SMILES string of the molecule is CC1CCc2c(sc3nc(SCc4cc(=O)n5ccsc5n4)n(Cc4ccco4)c(=O)c23)C1. The first kappa shape index (κ1) is 20.9. The second-order valence-electron chi connectivity index (χ2n) is 8.33. The van der Waals surface area contributed by atoms with Gasteiger partial charge in [0.05, 0.1) is 23.9 Å². The lowest BCUT2D eigenvalue weighted by Crippen LogP contribution is -2.24. The molecule has 0 N–H and O–H groups in total. The molecule has 33 heavy (non-hydrogen) atoms. The molecule has 0 radical (unpaired) electrons. The molecular formula is C23H20N4O3S3. The molecule has 0 fully saturated rings. The Kier molecular flexibility index (Phi) is 5.23. The Morgan fingerprint density at radius 3 is 3.06 bits per heavy atom. The molecule has 6 rings (SSSR count). The molecule has 168 valence electrons. The van der Waals surface area contributed by atoms with Gasteiger partial charge in [-0.25, -0.2) is 9.97 Å². The summed E-state index contributed by atoms with van der Waals surface area (Å²) in [5, 5.41) is 3.22. The summed E-state index contributed by atoms with van der Waals surface area (Å²) in [5.41, 5.74) is 1.72. The average molecular weight is 497 g/mol. The van der Waals surface area contributed by atoms with Crippen LogP contribution in [0.4, 0.5) is 0 Å². The molecule has 7 nitrogen and oxygen atoms in total. The third-order valence-corrected chi connectivity index (χ3v) is 8.89. The first-order valence-corrected chi connectivity index (χ1v) is 13.4. The summed E-state index contributed by atoms with van der Waals surface area (Å²) >= 11 is 4.50. The minimum absolute atomic E-state index is 0.0207. The van der Waals surface area contributed by atoms with Gasteiger partial charge in [-0.15, -0.1) is 22.7 Å². The monoisotopic (exact) mass is 496 g/mol. The van der Waals surface area contributed by atoms with Crippen LogP contribution < -0.4 is 11.1 Å². The van der Waals surface area contributed by atoms with Crippen LogP contribution in [-0.2, 0) is 25.1 Å². The molecular weight excluding hydrogens is 476 g/mol. The van der Waals surface area contributed by atoms with Crippen LogP contribution in [0, 0.1) is 5.92 Å². The van der Waals surface area contributed by atoms with Crippen LogP contribution in [0.3, 0.4) is 0 Å². The maximum atomic E-state index is 13.7. The summed E-state index contributed by atoms with van der Waals surface area (Å²) in [6, 6.07) is 5.23. The van der Waals surface area contributed by atoms with Gasteiger partial charge in [-0.3, -0.25) is 18.6 Å². The van der Waals surface area contributed by atoms with Crippen molar-refractivity contribution >= 4 is 49.6 Å². The molecule has 5 aromatic heterocycles. The second-order valence-corrected chi connectivity index (χ2v) is 11.2. The fraction of sp³-hybridized carbons (Fsp3) is 0.304. The smallest absolute Gasteiger partial charge is 0.263 e. The number of nitrogens with zero attached hydrogens (tertiary/aromatic N) is 4. The number of hydrogen-bond acceptors (Lipinski definition) is 8. The molecule has 5 heterocycles. The zero-order chi connectivity index (χ0) is 22.5. The van der Waals surface area contributed by atoms with E-state index >= 15 is 0 Å². The van der Waals surface area contributed by atoms with Crippen molar-refractivity contribution in [1.82, 2.24) is 18.9 Å². The summed E-state index contributed by atoms with van der Waals surface area (Å²) in [6.45, 7) is 2.58. The number of hydrogen-bond donors (Lipinski definition) is 0. The number of rotatable bonds is 5. The minimum Gasteiger partial charge on any atom is -0.467 e. The normalized spacial score (nSPS) is 16.0. The van der Waals surface area contributed by atoms with E-state index in [9.17, 15) is 9.59 Å². The van der Waals surface area contributed by atoms with Crippen LogP contribution in [0.1, 0.15) is 35.2 Å². The summed E-state index contributed by atoms with van der Waals surface area (Å²) in [4.78, 5) is 38.3. The van der Waals surface area contributed by atoms with E-state index in [0.717, 1.165) is 29.5 Å². The van der Waals surface area contributed by atoms with Gasteiger partial charge in [0, 0.05) is 28.3 Å². The van der Waals surface area contributed by atoms with E-state index in [1.165, 1.54) is 37.9 Å². The molecule has 1 aliphatic rings. The quantitative estimate of drug-likeness (QED) is 0.262. The van der Waals surface area contributed by atoms with Crippen molar-refractivity contribution in [3.8, 4) is 0 Å². The van der Waals surface area contributed by atoms with Crippen LogP contribution in [0.5, 0.6) is 0 Å². The lowest BCUT2D eigenvalue weighted by atomic mass is 9.89. The third-order valence-electron chi connectivity index (χ3n) is 5.98. The highest BCUT2D eigenvalue weighted by Gasteiger charge is 2.25. The first-order chi connectivity index (χ1) is 16.1. The van der Waals surface area contributed by atoms with Gasteiger partial charge in [-0.05, 0) is 42.9 Å². The van der Waals surface area contributed by atoms with E-state index in [1.54, 1.807) is 34.4 Å². The molecule has 0 saturated heterocycles. The Hall–Kier alpha value is -2.69. The highest BCUT2D eigenvalue weighted by atomic mass is 32.2. The lowest BCUT2D eigenvalue weighted by Gasteiger charge is -2.17. The molecule has 0 aromatic carbocycles. The molecule has 10 heteroatoms. The summed E-state index contributed by atoms with van der Waals surface area (Å²) in [6.07, 6.45) is 6.36. The van der Waals surface area contributed by atoms with Crippen LogP contribution in [0.25, 0.3) is 15.2 Å². The molecule has 5 aromatic rings. The highest BCUT2D eigenvalue weighted by molar-refractivity contribution is 7.98. The van der Waals surface area contributed by atoms with E-state index in [-0.39, 0.29) is 11.1 Å². The second kappa shape index (κ2) is 8.27. The first-order valence-electron chi connectivity index (χ1n) is 10.7. The minimum atomic E-state index is -0.103. The van der Waals surface area contributed by atoms with E-state index in [0.29, 0.717) is 39.8 Å². The van der Waals surface area contributed by atoms with Gasteiger partial charge >= 0.3 is 0 Å². The van der Waals surface area contributed by atoms with Gasteiger partial charge in [-0.1, -0.05) is 18.7 Å². The maximum absolute atomic E-state index is 13.7. The fourth-order valence-electron chi connectivity index (χ4n) is 4.31. The molecule has 0 saturated carbocycles. The maximum Gasteiger partial charge on any atom is 0.263 e. The number of furan rings is 1. The molecule has 0 amide bonds. The molecule has 0 aliphatic heterocycles. The zero-order valence-corrected chi connectivity index (χ0v) is 20.3. The Morgan fingerprint density at radius 2 is 2.21 bits per heavy atom. The molecule has 1 aliphatic carbocycles.